The van der Waals surface area contributed by atoms with Gasteiger partial charge in [0.2, 0.25) is 0 Å². The van der Waals surface area contributed by atoms with Crippen LogP contribution in [-0.2, 0) is 6.54 Å². The van der Waals surface area contributed by atoms with Crippen LogP contribution in [-0.4, -0.2) is 30.1 Å². The molecule has 0 spiro atoms. The molecule has 1 amide bonds. The van der Waals surface area contributed by atoms with Crippen molar-refractivity contribution >= 4 is 5.91 Å². The summed E-state index contributed by atoms with van der Waals surface area (Å²) in [6.07, 6.45) is 0. The van der Waals surface area contributed by atoms with Crippen molar-refractivity contribution in [2.75, 3.05) is 14.2 Å². The number of carbonyl (C=O) groups is 1. The molecular formula is C17H19NO3. The molecule has 21 heavy (non-hydrogen) atoms. The van der Waals surface area contributed by atoms with Crippen LogP contribution in [0, 0.1) is 6.92 Å². The summed E-state index contributed by atoms with van der Waals surface area (Å²) in [5.74, 6) is 0.886. The Kier molecular flexibility index (Phi) is 4.48. The zero-order valence-corrected chi connectivity index (χ0v) is 12.5. The topological polar surface area (TPSA) is 49.8 Å². The van der Waals surface area contributed by atoms with E-state index in [4.69, 9.17) is 4.74 Å². The fourth-order valence-electron chi connectivity index (χ4n) is 2.13. The molecule has 0 radical (unpaired) electrons. The Balaban J connectivity index is 2.13. The van der Waals surface area contributed by atoms with E-state index in [0.717, 1.165) is 11.3 Å². The van der Waals surface area contributed by atoms with Crippen LogP contribution in [0.15, 0.2) is 42.5 Å². The molecule has 0 fully saturated rings. The summed E-state index contributed by atoms with van der Waals surface area (Å²) in [6.45, 7) is 2.27. The first-order valence-corrected chi connectivity index (χ1v) is 6.69. The van der Waals surface area contributed by atoms with Gasteiger partial charge >= 0.3 is 0 Å². The van der Waals surface area contributed by atoms with E-state index in [9.17, 15) is 9.90 Å². The zero-order valence-electron chi connectivity index (χ0n) is 12.5. The predicted octanol–water partition coefficient (Wildman–Crippen LogP) is 2.98. The van der Waals surface area contributed by atoms with Gasteiger partial charge in [0.15, 0.2) is 0 Å². The number of nitrogens with zero attached hydrogens (tertiary/aromatic N) is 1. The average molecular weight is 285 g/mol. The number of phenols is 1. The molecule has 2 aromatic carbocycles. The summed E-state index contributed by atoms with van der Waals surface area (Å²) >= 11 is 0. The van der Waals surface area contributed by atoms with Gasteiger partial charge < -0.3 is 14.7 Å². The third-order valence-electron chi connectivity index (χ3n) is 3.34. The fraction of sp³-hybridized carbons (Fsp3) is 0.235. The monoisotopic (exact) mass is 285 g/mol. The van der Waals surface area contributed by atoms with Gasteiger partial charge in [-0.2, -0.15) is 0 Å². The fourth-order valence-corrected chi connectivity index (χ4v) is 2.13. The van der Waals surface area contributed by atoms with Crippen LogP contribution in [0.4, 0.5) is 0 Å². The highest BCUT2D eigenvalue weighted by Crippen LogP contribution is 2.19. The molecule has 2 aromatic rings. The van der Waals surface area contributed by atoms with Gasteiger partial charge in [0, 0.05) is 19.2 Å². The van der Waals surface area contributed by atoms with E-state index in [1.165, 1.54) is 0 Å². The number of methoxy groups -OCH3 is 1. The Morgan fingerprint density at radius 1 is 1.24 bits per heavy atom. The molecule has 0 saturated heterocycles. The molecular weight excluding hydrogens is 266 g/mol. The smallest absolute Gasteiger partial charge is 0.253 e. The zero-order chi connectivity index (χ0) is 15.4. The van der Waals surface area contributed by atoms with Gasteiger partial charge in [0.25, 0.3) is 5.91 Å². The van der Waals surface area contributed by atoms with Crippen LogP contribution < -0.4 is 4.74 Å². The summed E-state index contributed by atoms with van der Waals surface area (Å²) in [5, 5.41) is 9.52. The van der Waals surface area contributed by atoms with Crippen molar-refractivity contribution in [1.82, 2.24) is 4.90 Å². The number of phenolic OH excluding ortho intramolecular Hbond substituents is 1. The first-order chi connectivity index (χ1) is 10.0. The number of aryl methyl sites for hydroxylation is 1. The summed E-state index contributed by atoms with van der Waals surface area (Å²) < 4.78 is 5.18. The maximum atomic E-state index is 12.4. The van der Waals surface area contributed by atoms with Crippen molar-refractivity contribution in [3.05, 3.63) is 59.2 Å². The lowest BCUT2D eigenvalue weighted by Crippen LogP contribution is -2.26. The number of hydrogen-bond donors (Lipinski definition) is 1. The Hall–Kier alpha value is -2.49. The van der Waals surface area contributed by atoms with Crippen molar-refractivity contribution in [3.8, 4) is 11.5 Å². The molecule has 4 heteroatoms. The average Bonchev–Trinajstić information content (AvgIpc) is 2.49. The lowest BCUT2D eigenvalue weighted by molar-refractivity contribution is 0.0785. The van der Waals surface area contributed by atoms with Gasteiger partial charge in [-0.15, -0.1) is 0 Å². The Morgan fingerprint density at radius 3 is 2.67 bits per heavy atom. The first kappa shape index (κ1) is 14.9. The molecule has 0 bridgehead atoms. The minimum absolute atomic E-state index is 0.0825. The number of ether oxygens (including phenoxy) is 1. The second kappa shape index (κ2) is 6.31. The molecule has 0 unspecified atom stereocenters. The quantitative estimate of drug-likeness (QED) is 0.939. The van der Waals surface area contributed by atoms with Gasteiger partial charge in [-0.25, -0.2) is 0 Å². The predicted molar refractivity (Wildman–Crippen MR) is 81.6 cm³/mol. The number of rotatable bonds is 4. The molecule has 2 rings (SSSR count). The van der Waals surface area contributed by atoms with Crippen molar-refractivity contribution in [2.45, 2.75) is 13.5 Å². The Morgan fingerprint density at radius 2 is 2.00 bits per heavy atom. The van der Waals surface area contributed by atoms with E-state index in [2.05, 4.69) is 0 Å². The van der Waals surface area contributed by atoms with Crippen molar-refractivity contribution < 1.29 is 14.6 Å². The first-order valence-electron chi connectivity index (χ1n) is 6.69. The largest absolute Gasteiger partial charge is 0.508 e. The molecule has 0 aliphatic heterocycles. The van der Waals surface area contributed by atoms with E-state index in [1.807, 2.05) is 24.3 Å². The number of amides is 1. The van der Waals surface area contributed by atoms with Gasteiger partial charge in [0.1, 0.15) is 11.5 Å². The molecule has 0 aliphatic carbocycles. The molecule has 1 N–H and O–H groups in total. The minimum atomic E-state index is -0.0825. The molecule has 0 saturated carbocycles. The minimum Gasteiger partial charge on any atom is -0.508 e. The highest BCUT2D eigenvalue weighted by atomic mass is 16.5. The van der Waals surface area contributed by atoms with Crippen LogP contribution in [0.3, 0.4) is 0 Å². The van der Waals surface area contributed by atoms with Crippen molar-refractivity contribution in [1.29, 1.82) is 0 Å². The number of carbonyl (C=O) groups excluding carboxylic acids is 1. The SMILES string of the molecule is COc1cccc(CN(C)C(=O)c2ccc(O)c(C)c2)c1. The summed E-state index contributed by atoms with van der Waals surface area (Å²) in [7, 11) is 3.37. The molecule has 0 atom stereocenters. The molecule has 0 heterocycles. The summed E-state index contributed by atoms with van der Waals surface area (Å²) in [5.41, 5.74) is 2.26. The van der Waals surface area contributed by atoms with E-state index >= 15 is 0 Å². The van der Waals surface area contributed by atoms with Crippen LogP contribution >= 0.6 is 0 Å². The molecule has 0 aromatic heterocycles. The Labute approximate surface area is 124 Å². The standard InChI is InChI=1S/C17H19NO3/c1-12-9-14(7-8-16(12)19)17(20)18(2)11-13-5-4-6-15(10-13)21-3/h4-10,19H,11H2,1-3H3. The van der Waals surface area contributed by atoms with E-state index in [0.29, 0.717) is 17.7 Å². The van der Waals surface area contributed by atoms with E-state index < -0.39 is 0 Å². The second-order valence-electron chi connectivity index (χ2n) is 5.01. The maximum absolute atomic E-state index is 12.4. The summed E-state index contributed by atoms with van der Waals surface area (Å²) in [4.78, 5) is 14.0. The van der Waals surface area contributed by atoms with Crippen LogP contribution in [0.2, 0.25) is 0 Å². The molecule has 4 nitrogen and oxygen atoms in total. The van der Waals surface area contributed by atoms with Gasteiger partial charge in [-0.3, -0.25) is 4.79 Å². The van der Waals surface area contributed by atoms with E-state index in [-0.39, 0.29) is 11.7 Å². The highest BCUT2D eigenvalue weighted by molar-refractivity contribution is 5.94. The van der Waals surface area contributed by atoms with Crippen LogP contribution in [0.1, 0.15) is 21.5 Å². The summed E-state index contributed by atoms with van der Waals surface area (Å²) in [6, 6.07) is 12.5. The number of hydrogen-bond acceptors (Lipinski definition) is 3. The second-order valence-corrected chi connectivity index (χ2v) is 5.01. The van der Waals surface area contributed by atoms with Gasteiger partial charge in [-0.05, 0) is 48.4 Å². The van der Waals surface area contributed by atoms with Crippen LogP contribution in [0.5, 0.6) is 11.5 Å². The molecule has 110 valence electrons. The lowest BCUT2D eigenvalue weighted by Gasteiger charge is -2.18. The van der Waals surface area contributed by atoms with E-state index in [1.54, 1.807) is 44.2 Å². The third-order valence-corrected chi connectivity index (χ3v) is 3.34. The third kappa shape index (κ3) is 3.54. The highest BCUT2D eigenvalue weighted by Gasteiger charge is 2.13. The normalized spacial score (nSPS) is 10.2. The lowest BCUT2D eigenvalue weighted by atomic mass is 10.1. The van der Waals surface area contributed by atoms with Crippen LogP contribution in [0.25, 0.3) is 0 Å². The maximum Gasteiger partial charge on any atom is 0.253 e. The van der Waals surface area contributed by atoms with Gasteiger partial charge in [0.05, 0.1) is 7.11 Å². The number of aromatic hydroxyl groups is 1. The number of benzene rings is 2. The van der Waals surface area contributed by atoms with Crippen molar-refractivity contribution in [2.24, 2.45) is 0 Å². The van der Waals surface area contributed by atoms with Crippen molar-refractivity contribution in [3.63, 3.8) is 0 Å². The van der Waals surface area contributed by atoms with Gasteiger partial charge in [-0.1, -0.05) is 12.1 Å². The Bertz CT molecular complexity index is 652. The molecule has 0 aliphatic rings.